The van der Waals surface area contributed by atoms with Crippen molar-refractivity contribution < 1.29 is 8.42 Å². The van der Waals surface area contributed by atoms with Gasteiger partial charge in [0.2, 0.25) is 0 Å². The molecule has 1 unspecified atom stereocenters. The van der Waals surface area contributed by atoms with Crippen LogP contribution in [0, 0.1) is 6.92 Å². The van der Waals surface area contributed by atoms with Gasteiger partial charge in [0.1, 0.15) is 0 Å². The molecule has 0 aliphatic carbocycles. The Bertz CT molecular complexity index is 693. The number of thiazole rings is 1. The zero-order chi connectivity index (χ0) is 14.8. The predicted octanol–water partition coefficient (Wildman–Crippen LogP) is 2.36. The Labute approximate surface area is 123 Å². The van der Waals surface area contributed by atoms with Crippen LogP contribution in [0.1, 0.15) is 22.3 Å². The number of aromatic nitrogens is 1. The molecule has 0 bridgehead atoms. The number of nitrogens with one attached hydrogen (secondary N) is 1. The largest absolute Gasteiger partial charge is 0.313 e. The summed E-state index contributed by atoms with van der Waals surface area (Å²) < 4.78 is 23.3. The van der Waals surface area contributed by atoms with Crippen LogP contribution in [0.5, 0.6) is 0 Å². The Hall–Kier alpha value is -1.24. The van der Waals surface area contributed by atoms with Crippen LogP contribution in [0.4, 0.5) is 0 Å². The number of aryl methyl sites for hydroxylation is 1. The van der Waals surface area contributed by atoms with E-state index in [4.69, 9.17) is 0 Å². The molecule has 0 aliphatic heterocycles. The standard InChI is InChI=1S/C14H18N2O2S2/c1-10-16-12(9-19-10)8-14(15-2)11-5-4-6-13(7-11)20(3,17)18/h4-7,9,14-15H,8H2,1-3H3. The molecule has 1 N–H and O–H groups in total. The Morgan fingerprint density at radius 1 is 1.40 bits per heavy atom. The van der Waals surface area contributed by atoms with E-state index in [0.717, 1.165) is 22.7 Å². The highest BCUT2D eigenvalue weighted by Crippen LogP contribution is 2.22. The van der Waals surface area contributed by atoms with Crippen molar-refractivity contribution in [3.8, 4) is 0 Å². The van der Waals surface area contributed by atoms with Crippen molar-refractivity contribution in [1.29, 1.82) is 0 Å². The van der Waals surface area contributed by atoms with Crippen molar-refractivity contribution in [2.24, 2.45) is 0 Å². The molecule has 1 aromatic heterocycles. The van der Waals surface area contributed by atoms with E-state index in [1.165, 1.54) is 6.26 Å². The lowest BCUT2D eigenvalue weighted by Gasteiger charge is -2.16. The third-order valence-electron chi connectivity index (χ3n) is 3.12. The maximum absolute atomic E-state index is 11.6. The minimum atomic E-state index is -3.18. The molecule has 0 spiro atoms. The predicted molar refractivity (Wildman–Crippen MR) is 81.9 cm³/mol. The fourth-order valence-electron chi connectivity index (χ4n) is 2.06. The van der Waals surface area contributed by atoms with E-state index in [1.54, 1.807) is 29.5 Å². The number of nitrogens with zero attached hydrogens (tertiary/aromatic N) is 1. The van der Waals surface area contributed by atoms with Gasteiger partial charge in [0.25, 0.3) is 0 Å². The van der Waals surface area contributed by atoms with Crippen LogP contribution < -0.4 is 5.32 Å². The van der Waals surface area contributed by atoms with Gasteiger partial charge in [0, 0.05) is 24.1 Å². The highest BCUT2D eigenvalue weighted by atomic mass is 32.2. The molecule has 6 heteroatoms. The summed E-state index contributed by atoms with van der Waals surface area (Å²) in [7, 11) is -1.31. The van der Waals surface area contributed by atoms with E-state index in [1.807, 2.05) is 25.4 Å². The summed E-state index contributed by atoms with van der Waals surface area (Å²) in [5.41, 5.74) is 1.98. The molecule has 0 saturated carbocycles. The van der Waals surface area contributed by atoms with Crippen LogP contribution >= 0.6 is 11.3 Å². The first-order valence-electron chi connectivity index (χ1n) is 6.28. The summed E-state index contributed by atoms with van der Waals surface area (Å²) in [5.74, 6) is 0. The van der Waals surface area contributed by atoms with Crippen molar-refractivity contribution >= 4 is 21.2 Å². The number of rotatable bonds is 5. The maximum atomic E-state index is 11.6. The number of likely N-dealkylation sites (N-methyl/N-ethyl adjacent to an activating group) is 1. The van der Waals surface area contributed by atoms with Crippen molar-refractivity contribution in [3.05, 3.63) is 45.9 Å². The molecule has 2 rings (SSSR count). The summed E-state index contributed by atoms with van der Waals surface area (Å²) in [4.78, 5) is 4.81. The van der Waals surface area contributed by atoms with E-state index >= 15 is 0 Å². The topological polar surface area (TPSA) is 59.1 Å². The van der Waals surface area contributed by atoms with Gasteiger partial charge in [-0.25, -0.2) is 13.4 Å². The SMILES string of the molecule is CNC(Cc1csc(C)n1)c1cccc(S(C)(=O)=O)c1. The summed E-state index contributed by atoms with van der Waals surface area (Å²) in [5, 5.41) is 6.31. The highest BCUT2D eigenvalue weighted by Gasteiger charge is 2.15. The van der Waals surface area contributed by atoms with Gasteiger partial charge in [0.15, 0.2) is 9.84 Å². The lowest BCUT2D eigenvalue weighted by atomic mass is 10.0. The van der Waals surface area contributed by atoms with Crippen LogP contribution in [0.25, 0.3) is 0 Å². The Morgan fingerprint density at radius 3 is 2.70 bits per heavy atom. The van der Waals surface area contributed by atoms with Gasteiger partial charge in [-0.2, -0.15) is 0 Å². The molecule has 20 heavy (non-hydrogen) atoms. The second-order valence-corrected chi connectivity index (χ2v) is 7.83. The molecule has 1 aromatic carbocycles. The third kappa shape index (κ3) is 3.65. The summed E-state index contributed by atoms with van der Waals surface area (Å²) >= 11 is 1.62. The first-order chi connectivity index (χ1) is 9.40. The minimum Gasteiger partial charge on any atom is -0.313 e. The van der Waals surface area contributed by atoms with Crippen LogP contribution in [-0.2, 0) is 16.3 Å². The number of sulfone groups is 1. The number of benzene rings is 1. The average Bonchev–Trinajstić information content (AvgIpc) is 2.81. The summed E-state index contributed by atoms with van der Waals surface area (Å²) in [6.45, 7) is 1.98. The van der Waals surface area contributed by atoms with Crippen molar-refractivity contribution in [1.82, 2.24) is 10.3 Å². The van der Waals surface area contributed by atoms with E-state index < -0.39 is 9.84 Å². The third-order valence-corrected chi connectivity index (χ3v) is 5.05. The number of hydrogen-bond donors (Lipinski definition) is 1. The monoisotopic (exact) mass is 310 g/mol. The molecule has 0 fully saturated rings. The van der Waals surface area contributed by atoms with Crippen molar-refractivity contribution in [2.75, 3.05) is 13.3 Å². The minimum absolute atomic E-state index is 0.0539. The normalized spacial score (nSPS) is 13.3. The van der Waals surface area contributed by atoms with Crippen LogP contribution in [-0.4, -0.2) is 26.7 Å². The summed E-state index contributed by atoms with van der Waals surface area (Å²) in [6.07, 6.45) is 1.97. The molecule has 0 aliphatic rings. The smallest absolute Gasteiger partial charge is 0.175 e. The zero-order valence-electron chi connectivity index (χ0n) is 11.8. The molecule has 0 saturated heterocycles. The van der Waals surface area contributed by atoms with Gasteiger partial charge < -0.3 is 5.32 Å². The Morgan fingerprint density at radius 2 is 2.15 bits per heavy atom. The van der Waals surface area contributed by atoms with Crippen LogP contribution in [0.3, 0.4) is 0 Å². The molecule has 0 radical (unpaired) electrons. The van der Waals surface area contributed by atoms with Crippen LogP contribution in [0.2, 0.25) is 0 Å². The van der Waals surface area contributed by atoms with Gasteiger partial charge >= 0.3 is 0 Å². The molecule has 0 amide bonds. The van der Waals surface area contributed by atoms with Crippen molar-refractivity contribution in [3.63, 3.8) is 0 Å². The second-order valence-electron chi connectivity index (χ2n) is 4.75. The zero-order valence-corrected chi connectivity index (χ0v) is 13.4. The van der Waals surface area contributed by atoms with E-state index in [9.17, 15) is 8.42 Å². The lowest BCUT2D eigenvalue weighted by molar-refractivity contribution is 0.582. The molecular formula is C14H18N2O2S2. The highest BCUT2D eigenvalue weighted by molar-refractivity contribution is 7.90. The van der Waals surface area contributed by atoms with E-state index in [2.05, 4.69) is 10.3 Å². The van der Waals surface area contributed by atoms with Gasteiger partial charge in [-0.05, 0) is 31.7 Å². The van der Waals surface area contributed by atoms with Gasteiger partial charge in [-0.1, -0.05) is 12.1 Å². The van der Waals surface area contributed by atoms with Gasteiger partial charge in [0.05, 0.1) is 15.6 Å². The van der Waals surface area contributed by atoms with Gasteiger partial charge in [-0.3, -0.25) is 0 Å². The number of hydrogen-bond acceptors (Lipinski definition) is 5. The quantitative estimate of drug-likeness (QED) is 0.921. The maximum Gasteiger partial charge on any atom is 0.175 e. The van der Waals surface area contributed by atoms with Gasteiger partial charge in [-0.15, -0.1) is 11.3 Å². The fraction of sp³-hybridized carbons (Fsp3) is 0.357. The van der Waals surface area contributed by atoms with Crippen LogP contribution in [0.15, 0.2) is 34.5 Å². The molecule has 108 valence electrons. The fourth-order valence-corrected chi connectivity index (χ4v) is 3.36. The molecule has 1 heterocycles. The molecule has 1 atom stereocenters. The first-order valence-corrected chi connectivity index (χ1v) is 9.05. The average molecular weight is 310 g/mol. The lowest BCUT2D eigenvalue weighted by Crippen LogP contribution is -2.19. The molecule has 4 nitrogen and oxygen atoms in total. The van der Waals surface area contributed by atoms with E-state index in [-0.39, 0.29) is 6.04 Å². The summed E-state index contributed by atoms with van der Waals surface area (Å²) in [6, 6.07) is 7.13. The Kier molecular flexibility index (Phi) is 4.57. The molecular weight excluding hydrogens is 292 g/mol. The van der Waals surface area contributed by atoms with Crippen molar-refractivity contribution in [2.45, 2.75) is 24.3 Å². The second kappa shape index (κ2) is 6.03. The first kappa shape index (κ1) is 15.2. The van der Waals surface area contributed by atoms with E-state index in [0.29, 0.717) is 4.90 Å². The Balaban J connectivity index is 2.28. The molecule has 2 aromatic rings.